The van der Waals surface area contributed by atoms with Crippen LogP contribution in [0, 0.1) is 0 Å². The van der Waals surface area contributed by atoms with Crippen molar-refractivity contribution in [3.63, 3.8) is 0 Å². The molecule has 6 nitrogen and oxygen atoms in total. The first kappa shape index (κ1) is 16.1. The average Bonchev–Trinajstić information content (AvgIpc) is 2.33. The van der Waals surface area contributed by atoms with E-state index in [1.54, 1.807) is 59.9 Å². The first-order valence-corrected chi connectivity index (χ1v) is 7.02. The first-order valence-electron chi connectivity index (χ1n) is 7.02. The van der Waals surface area contributed by atoms with Crippen molar-refractivity contribution in [1.29, 1.82) is 0 Å². The largest absolute Gasteiger partial charge is 0.452 e. The molecule has 22 heavy (non-hydrogen) atoms. The van der Waals surface area contributed by atoms with E-state index in [4.69, 9.17) is 14.2 Å². The molecule has 120 valence electrons. The summed E-state index contributed by atoms with van der Waals surface area (Å²) < 4.78 is 16.1. The van der Waals surface area contributed by atoms with E-state index in [0.717, 1.165) is 0 Å². The lowest BCUT2D eigenvalue weighted by atomic mass is 10.1. The first-order chi connectivity index (χ1) is 9.98. The van der Waals surface area contributed by atoms with Gasteiger partial charge in [0.25, 0.3) is 0 Å². The van der Waals surface area contributed by atoms with Gasteiger partial charge in [0.2, 0.25) is 5.79 Å². The zero-order valence-electron chi connectivity index (χ0n) is 13.7. The Labute approximate surface area is 129 Å². The van der Waals surface area contributed by atoms with Gasteiger partial charge in [-0.25, -0.2) is 9.59 Å². The van der Waals surface area contributed by atoms with Gasteiger partial charge in [0, 0.05) is 27.0 Å². The maximum absolute atomic E-state index is 12.1. The number of hydrogen-bond acceptors (Lipinski definition) is 5. The third kappa shape index (κ3) is 3.50. The van der Waals surface area contributed by atoms with Crippen molar-refractivity contribution in [1.82, 2.24) is 0 Å². The van der Waals surface area contributed by atoms with Crippen LogP contribution in [0.3, 0.4) is 0 Å². The molecule has 0 bridgehead atoms. The highest BCUT2D eigenvalue weighted by molar-refractivity contribution is 5.95. The highest BCUT2D eigenvalue weighted by Crippen LogP contribution is 2.34. The molecule has 1 aliphatic rings. The Balaban J connectivity index is 2.28. The maximum Gasteiger partial charge on any atom is 0.414 e. The van der Waals surface area contributed by atoms with Gasteiger partial charge in [0.15, 0.2) is 0 Å². The lowest BCUT2D eigenvalue weighted by Crippen LogP contribution is -2.39. The molecule has 0 aromatic heterocycles. The summed E-state index contributed by atoms with van der Waals surface area (Å²) in [4.78, 5) is 25.3. The van der Waals surface area contributed by atoms with Crippen molar-refractivity contribution in [2.75, 3.05) is 11.9 Å². The molecule has 0 unspecified atom stereocenters. The van der Waals surface area contributed by atoms with Crippen molar-refractivity contribution in [3.05, 3.63) is 23.8 Å². The predicted molar refractivity (Wildman–Crippen MR) is 81.2 cm³/mol. The van der Waals surface area contributed by atoms with Gasteiger partial charge in [0.05, 0.1) is 5.69 Å². The number of benzene rings is 1. The lowest BCUT2D eigenvalue weighted by Gasteiger charge is -2.32. The zero-order chi connectivity index (χ0) is 16.7. The Morgan fingerprint density at radius 3 is 2.45 bits per heavy atom. The zero-order valence-corrected chi connectivity index (χ0v) is 13.7. The van der Waals surface area contributed by atoms with Crippen LogP contribution in [0.15, 0.2) is 18.2 Å². The standard InChI is InChI=1S/C16H21NO5/c1-15(2,3)22-14(19)17(6)10-7-8-11-12(9-10)20-16(4,5)21-13(11)18/h7-9H,1-6H3. The van der Waals surface area contributed by atoms with Crippen molar-refractivity contribution in [2.24, 2.45) is 0 Å². The molecule has 1 amide bonds. The quantitative estimate of drug-likeness (QED) is 0.744. The summed E-state index contributed by atoms with van der Waals surface area (Å²) in [6.45, 7) is 8.70. The average molecular weight is 307 g/mol. The van der Waals surface area contributed by atoms with E-state index in [1.165, 1.54) is 4.90 Å². The molecule has 0 atom stereocenters. The van der Waals surface area contributed by atoms with Gasteiger partial charge < -0.3 is 14.2 Å². The summed E-state index contributed by atoms with van der Waals surface area (Å²) in [7, 11) is 1.60. The Morgan fingerprint density at radius 2 is 1.86 bits per heavy atom. The van der Waals surface area contributed by atoms with Gasteiger partial charge in [-0.3, -0.25) is 4.90 Å². The van der Waals surface area contributed by atoms with Crippen LogP contribution in [0.1, 0.15) is 45.0 Å². The molecular weight excluding hydrogens is 286 g/mol. The number of amides is 1. The number of carbonyl (C=O) groups excluding carboxylic acids is 2. The number of nitrogens with zero attached hydrogens (tertiary/aromatic N) is 1. The number of ether oxygens (including phenoxy) is 3. The molecule has 2 rings (SSSR count). The molecule has 1 heterocycles. The normalized spacial score (nSPS) is 16.2. The van der Waals surface area contributed by atoms with Crippen molar-refractivity contribution >= 4 is 17.7 Å². The molecule has 0 fully saturated rings. The molecule has 0 radical (unpaired) electrons. The van der Waals surface area contributed by atoms with E-state index in [1.807, 2.05) is 0 Å². The van der Waals surface area contributed by atoms with Gasteiger partial charge in [-0.2, -0.15) is 0 Å². The Hall–Kier alpha value is -2.24. The second-order valence-electron chi connectivity index (χ2n) is 6.61. The van der Waals surface area contributed by atoms with Gasteiger partial charge in [-0.05, 0) is 32.9 Å². The third-order valence-electron chi connectivity index (χ3n) is 2.93. The molecule has 1 aliphatic heterocycles. The summed E-state index contributed by atoms with van der Waals surface area (Å²) in [5.41, 5.74) is 0.321. The van der Waals surface area contributed by atoms with Gasteiger partial charge >= 0.3 is 12.1 Å². The fourth-order valence-corrected chi connectivity index (χ4v) is 1.97. The molecule has 0 aliphatic carbocycles. The molecule has 0 spiro atoms. The van der Waals surface area contributed by atoms with Crippen LogP contribution in [0.25, 0.3) is 0 Å². The Bertz CT molecular complexity index is 615. The SMILES string of the molecule is CN(C(=O)OC(C)(C)C)c1ccc2c(c1)OC(C)(C)OC2=O. The molecule has 6 heteroatoms. The van der Waals surface area contributed by atoms with Crippen LogP contribution < -0.4 is 9.64 Å². The van der Waals surface area contributed by atoms with Crippen LogP contribution in [-0.2, 0) is 9.47 Å². The summed E-state index contributed by atoms with van der Waals surface area (Å²) in [5.74, 6) is -1.10. The Kier molecular flexibility index (Phi) is 3.81. The van der Waals surface area contributed by atoms with Crippen molar-refractivity contribution < 1.29 is 23.8 Å². The van der Waals surface area contributed by atoms with Crippen LogP contribution in [0.5, 0.6) is 5.75 Å². The molecule has 1 aromatic carbocycles. The maximum atomic E-state index is 12.1. The van der Waals surface area contributed by atoms with Gasteiger partial charge in [-0.1, -0.05) is 0 Å². The molecular formula is C16H21NO5. The van der Waals surface area contributed by atoms with E-state index in [-0.39, 0.29) is 0 Å². The number of fused-ring (bicyclic) bond motifs is 1. The minimum atomic E-state index is -1.03. The fraction of sp³-hybridized carbons (Fsp3) is 0.500. The minimum absolute atomic E-state index is 0.334. The molecule has 1 aromatic rings. The number of anilines is 1. The predicted octanol–water partition coefficient (Wildman–Crippen LogP) is 3.34. The fourth-order valence-electron chi connectivity index (χ4n) is 1.97. The number of esters is 1. The monoisotopic (exact) mass is 307 g/mol. The molecule has 0 N–H and O–H groups in total. The van der Waals surface area contributed by atoms with Crippen molar-refractivity contribution in [2.45, 2.75) is 46.0 Å². The smallest absolute Gasteiger partial charge is 0.414 e. The second-order valence-corrected chi connectivity index (χ2v) is 6.61. The van der Waals surface area contributed by atoms with E-state index in [2.05, 4.69) is 0 Å². The Morgan fingerprint density at radius 1 is 1.23 bits per heavy atom. The summed E-state index contributed by atoms with van der Waals surface area (Å²) >= 11 is 0. The van der Waals surface area contributed by atoms with Crippen molar-refractivity contribution in [3.8, 4) is 5.75 Å². The van der Waals surface area contributed by atoms with Crippen LogP contribution in [-0.4, -0.2) is 30.5 Å². The summed E-state index contributed by atoms with van der Waals surface area (Å²) in [6.07, 6.45) is -0.481. The van der Waals surface area contributed by atoms with E-state index >= 15 is 0 Å². The van der Waals surface area contributed by atoms with E-state index in [0.29, 0.717) is 17.0 Å². The van der Waals surface area contributed by atoms with Crippen LogP contribution in [0.2, 0.25) is 0 Å². The number of cyclic esters (lactones) is 1. The highest BCUT2D eigenvalue weighted by Gasteiger charge is 2.34. The second kappa shape index (κ2) is 5.19. The minimum Gasteiger partial charge on any atom is -0.452 e. The number of hydrogen-bond donors (Lipinski definition) is 0. The van der Waals surface area contributed by atoms with Gasteiger partial charge in [0.1, 0.15) is 16.9 Å². The van der Waals surface area contributed by atoms with Crippen LogP contribution in [0.4, 0.5) is 10.5 Å². The molecule has 0 saturated heterocycles. The van der Waals surface area contributed by atoms with Crippen LogP contribution >= 0.6 is 0 Å². The summed E-state index contributed by atoms with van der Waals surface area (Å²) in [6, 6.07) is 4.84. The van der Waals surface area contributed by atoms with E-state index < -0.39 is 23.5 Å². The van der Waals surface area contributed by atoms with Gasteiger partial charge in [-0.15, -0.1) is 0 Å². The third-order valence-corrected chi connectivity index (χ3v) is 2.93. The highest BCUT2D eigenvalue weighted by atomic mass is 16.7. The molecule has 0 saturated carbocycles. The van der Waals surface area contributed by atoms with E-state index in [9.17, 15) is 9.59 Å². The number of rotatable bonds is 1. The lowest BCUT2D eigenvalue weighted by molar-refractivity contribution is -0.127. The summed E-state index contributed by atoms with van der Waals surface area (Å²) in [5, 5.41) is 0. The number of carbonyl (C=O) groups is 2. The topological polar surface area (TPSA) is 65.1 Å².